The number of aromatic nitrogens is 2. The molecular formula is C18H20N2O2. The van der Waals surface area contributed by atoms with Gasteiger partial charge in [0.25, 0.3) is 0 Å². The van der Waals surface area contributed by atoms with E-state index in [4.69, 9.17) is 9.47 Å². The maximum absolute atomic E-state index is 5.84. The average molecular weight is 296 g/mol. The van der Waals surface area contributed by atoms with Gasteiger partial charge in [-0.25, -0.2) is 4.98 Å². The summed E-state index contributed by atoms with van der Waals surface area (Å²) in [4.78, 5) is 7.82. The minimum Gasteiger partial charge on any atom is -0.494 e. The summed E-state index contributed by atoms with van der Waals surface area (Å²) < 4.78 is 11.3. The van der Waals surface area contributed by atoms with Crippen LogP contribution in [0.5, 0.6) is 11.5 Å². The van der Waals surface area contributed by atoms with Crippen LogP contribution in [0.4, 0.5) is 0 Å². The number of nitrogens with one attached hydrogen (secondary N) is 1. The number of ether oxygens (including phenoxy) is 2. The molecule has 1 heterocycles. The number of hydrogen-bond acceptors (Lipinski definition) is 3. The quantitative estimate of drug-likeness (QED) is 0.769. The third kappa shape index (κ3) is 3.22. The van der Waals surface area contributed by atoms with Crippen molar-refractivity contribution in [2.45, 2.75) is 27.4 Å². The molecule has 0 atom stereocenters. The van der Waals surface area contributed by atoms with Crippen molar-refractivity contribution in [1.82, 2.24) is 9.97 Å². The Balaban J connectivity index is 1.76. The van der Waals surface area contributed by atoms with Gasteiger partial charge in [0, 0.05) is 6.07 Å². The number of imidazole rings is 1. The van der Waals surface area contributed by atoms with Crippen LogP contribution in [0.3, 0.4) is 0 Å². The second-order valence-electron chi connectivity index (χ2n) is 5.41. The summed E-state index contributed by atoms with van der Waals surface area (Å²) in [7, 11) is 0. The van der Waals surface area contributed by atoms with Gasteiger partial charge in [-0.2, -0.15) is 0 Å². The van der Waals surface area contributed by atoms with E-state index in [1.54, 1.807) is 0 Å². The molecule has 3 aromatic rings. The van der Waals surface area contributed by atoms with Gasteiger partial charge in [0.15, 0.2) is 0 Å². The summed E-state index contributed by atoms with van der Waals surface area (Å²) in [6.07, 6.45) is 0. The van der Waals surface area contributed by atoms with E-state index in [-0.39, 0.29) is 0 Å². The van der Waals surface area contributed by atoms with Crippen LogP contribution in [0.15, 0.2) is 36.4 Å². The number of nitrogens with zero attached hydrogens (tertiary/aromatic N) is 1. The Morgan fingerprint density at radius 1 is 0.955 bits per heavy atom. The van der Waals surface area contributed by atoms with Crippen molar-refractivity contribution in [3.63, 3.8) is 0 Å². The first-order chi connectivity index (χ1) is 10.6. The normalized spacial score (nSPS) is 10.9. The van der Waals surface area contributed by atoms with Crippen molar-refractivity contribution < 1.29 is 9.47 Å². The minimum atomic E-state index is 0.418. The van der Waals surface area contributed by atoms with Crippen LogP contribution in [-0.4, -0.2) is 16.6 Å². The highest BCUT2D eigenvalue weighted by Crippen LogP contribution is 2.21. The molecule has 0 aliphatic carbocycles. The summed E-state index contributed by atoms with van der Waals surface area (Å²) in [5, 5.41) is 0. The van der Waals surface area contributed by atoms with Crippen molar-refractivity contribution in [2.75, 3.05) is 6.61 Å². The van der Waals surface area contributed by atoms with Crippen molar-refractivity contribution in [1.29, 1.82) is 0 Å². The summed E-state index contributed by atoms with van der Waals surface area (Å²) in [6.45, 7) is 7.18. The van der Waals surface area contributed by atoms with Gasteiger partial charge >= 0.3 is 0 Å². The van der Waals surface area contributed by atoms with Gasteiger partial charge in [0.2, 0.25) is 0 Å². The second-order valence-corrected chi connectivity index (χ2v) is 5.41. The lowest BCUT2D eigenvalue weighted by atomic mass is 10.1. The Morgan fingerprint density at radius 3 is 2.45 bits per heavy atom. The predicted molar refractivity (Wildman–Crippen MR) is 87.5 cm³/mol. The van der Waals surface area contributed by atoms with E-state index in [2.05, 4.69) is 29.9 Å². The van der Waals surface area contributed by atoms with Gasteiger partial charge in [-0.1, -0.05) is 6.07 Å². The van der Waals surface area contributed by atoms with Crippen LogP contribution in [0, 0.1) is 13.8 Å². The fourth-order valence-electron chi connectivity index (χ4n) is 2.53. The lowest BCUT2D eigenvalue weighted by Gasteiger charge is -2.06. The van der Waals surface area contributed by atoms with E-state index < -0.39 is 0 Å². The molecule has 0 saturated heterocycles. The Hall–Kier alpha value is -2.49. The predicted octanol–water partition coefficient (Wildman–Crippen LogP) is 4.16. The van der Waals surface area contributed by atoms with E-state index in [9.17, 15) is 0 Å². The Bertz CT molecular complexity index is 773. The number of aryl methyl sites for hydroxylation is 2. The first-order valence-electron chi connectivity index (χ1n) is 7.46. The zero-order valence-corrected chi connectivity index (χ0v) is 13.1. The van der Waals surface area contributed by atoms with Crippen LogP contribution in [0.1, 0.15) is 23.9 Å². The highest BCUT2D eigenvalue weighted by atomic mass is 16.5. The van der Waals surface area contributed by atoms with Gasteiger partial charge in [-0.3, -0.25) is 0 Å². The van der Waals surface area contributed by atoms with Gasteiger partial charge in [0.05, 0.1) is 17.6 Å². The highest BCUT2D eigenvalue weighted by Gasteiger charge is 2.05. The fourth-order valence-corrected chi connectivity index (χ4v) is 2.53. The first kappa shape index (κ1) is 14.4. The molecular weight excluding hydrogens is 276 g/mol. The third-order valence-electron chi connectivity index (χ3n) is 3.38. The maximum atomic E-state index is 5.84. The topological polar surface area (TPSA) is 47.1 Å². The number of hydrogen-bond donors (Lipinski definition) is 1. The Labute approximate surface area is 130 Å². The van der Waals surface area contributed by atoms with Crippen LogP contribution in [0.2, 0.25) is 0 Å². The molecule has 0 amide bonds. The van der Waals surface area contributed by atoms with Crippen molar-refractivity contribution in [3.05, 3.63) is 53.3 Å². The molecule has 1 N–H and O–H groups in total. The number of aromatic amines is 1. The third-order valence-corrected chi connectivity index (χ3v) is 3.38. The molecule has 4 nitrogen and oxygen atoms in total. The number of fused-ring (bicyclic) bond motifs is 1. The van der Waals surface area contributed by atoms with E-state index >= 15 is 0 Å². The highest BCUT2D eigenvalue weighted by molar-refractivity contribution is 5.76. The van der Waals surface area contributed by atoms with Gasteiger partial charge in [0.1, 0.15) is 23.9 Å². The molecule has 0 radical (unpaired) electrons. The average Bonchev–Trinajstić information content (AvgIpc) is 2.86. The molecule has 2 aromatic carbocycles. The summed E-state index contributed by atoms with van der Waals surface area (Å²) in [5.74, 6) is 2.52. The summed E-state index contributed by atoms with van der Waals surface area (Å²) in [5.41, 5.74) is 4.27. The summed E-state index contributed by atoms with van der Waals surface area (Å²) >= 11 is 0. The molecule has 0 unspecified atom stereocenters. The lowest BCUT2D eigenvalue weighted by Crippen LogP contribution is -1.98. The first-order valence-corrected chi connectivity index (χ1v) is 7.46. The zero-order valence-electron chi connectivity index (χ0n) is 13.1. The van der Waals surface area contributed by atoms with Gasteiger partial charge in [-0.15, -0.1) is 0 Å². The zero-order chi connectivity index (χ0) is 15.5. The Morgan fingerprint density at radius 2 is 1.73 bits per heavy atom. The molecule has 22 heavy (non-hydrogen) atoms. The molecule has 1 aromatic heterocycles. The standard InChI is InChI=1S/C18H20N2O2/c1-4-21-14-5-6-16-17(10-14)20-18(19-16)11-22-15-8-12(2)7-13(3)9-15/h5-10H,4,11H2,1-3H3,(H,19,20). The molecule has 4 heteroatoms. The molecule has 3 rings (SSSR count). The molecule has 0 aliphatic heterocycles. The number of rotatable bonds is 5. The molecule has 0 saturated carbocycles. The van der Waals surface area contributed by atoms with E-state index in [0.29, 0.717) is 13.2 Å². The van der Waals surface area contributed by atoms with Crippen molar-refractivity contribution >= 4 is 11.0 Å². The SMILES string of the molecule is CCOc1ccc2nc(COc3cc(C)cc(C)c3)[nH]c2c1. The molecule has 114 valence electrons. The largest absolute Gasteiger partial charge is 0.494 e. The van der Waals surface area contributed by atoms with E-state index in [0.717, 1.165) is 28.4 Å². The monoisotopic (exact) mass is 296 g/mol. The fraction of sp³-hybridized carbons (Fsp3) is 0.278. The number of H-pyrrole nitrogens is 1. The van der Waals surface area contributed by atoms with E-state index in [1.165, 1.54) is 11.1 Å². The number of benzene rings is 2. The van der Waals surface area contributed by atoms with Crippen LogP contribution >= 0.6 is 0 Å². The molecule has 0 spiro atoms. The molecule has 0 bridgehead atoms. The van der Waals surface area contributed by atoms with Crippen molar-refractivity contribution in [3.8, 4) is 11.5 Å². The smallest absolute Gasteiger partial charge is 0.146 e. The Kier molecular flexibility index (Phi) is 4.00. The van der Waals surface area contributed by atoms with Crippen molar-refractivity contribution in [2.24, 2.45) is 0 Å². The lowest BCUT2D eigenvalue weighted by molar-refractivity contribution is 0.297. The second kappa shape index (κ2) is 6.10. The molecule has 0 aliphatic rings. The van der Waals surface area contributed by atoms with E-state index in [1.807, 2.05) is 37.3 Å². The van der Waals surface area contributed by atoms with Crippen LogP contribution < -0.4 is 9.47 Å². The molecule has 0 fully saturated rings. The maximum Gasteiger partial charge on any atom is 0.146 e. The van der Waals surface area contributed by atoms with Gasteiger partial charge < -0.3 is 14.5 Å². The minimum absolute atomic E-state index is 0.418. The van der Waals surface area contributed by atoms with Gasteiger partial charge in [-0.05, 0) is 56.2 Å². The van der Waals surface area contributed by atoms with Crippen LogP contribution in [0.25, 0.3) is 11.0 Å². The summed E-state index contributed by atoms with van der Waals surface area (Å²) in [6, 6.07) is 12.0. The van der Waals surface area contributed by atoms with Crippen LogP contribution in [-0.2, 0) is 6.61 Å².